The molecule has 2 aromatic heterocycles. The van der Waals surface area contributed by atoms with E-state index in [0.29, 0.717) is 33.6 Å². The molecule has 2 aromatic carbocycles. The van der Waals surface area contributed by atoms with Gasteiger partial charge in [-0.3, -0.25) is 4.79 Å². The number of fused-ring (bicyclic) bond motifs is 1. The highest BCUT2D eigenvalue weighted by Gasteiger charge is 2.24. The number of aromatic nitrogens is 2. The fourth-order valence-electron chi connectivity index (χ4n) is 4.32. The summed E-state index contributed by atoms with van der Waals surface area (Å²) in [4.78, 5) is 20.2. The summed E-state index contributed by atoms with van der Waals surface area (Å²) in [6, 6.07) is 21.4. The van der Waals surface area contributed by atoms with Crippen molar-refractivity contribution in [3.63, 3.8) is 0 Å². The van der Waals surface area contributed by atoms with Gasteiger partial charge in [-0.05, 0) is 50.1 Å². The lowest BCUT2D eigenvalue weighted by Gasteiger charge is -2.34. The SMILES string of the molecule is Cc1noc2nc(-c3ccccc3)cc(C(=O)NC3CCN(c4ccc(C#N)cc4)CC3)c12. The average molecular weight is 438 g/mol. The zero-order valence-electron chi connectivity index (χ0n) is 18.3. The van der Waals surface area contributed by atoms with Crippen molar-refractivity contribution < 1.29 is 9.32 Å². The Bertz CT molecular complexity index is 1330. The summed E-state index contributed by atoms with van der Waals surface area (Å²) in [7, 11) is 0. The van der Waals surface area contributed by atoms with Gasteiger partial charge in [-0.1, -0.05) is 35.5 Å². The van der Waals surface area contributed by atoms with Crippen LogP contribution < -0.4 is 10.2 Å². The van der Waals surface area contributed by atoms with Gasteiger partial charge in [-0.2, -0.15) is 5.26 Å². The minimum atomic E-state index is -0.136. The van der Waals surface area contributed by atoms with Gasteiger partial charge in [-0.25, -0.2) is 4.98 Å². The van der Waals surface area contributed by atoms with Gasteiger partial charge < -0.3 is 14.7 Å². The standard InChI is InChI=1S/C26H23N5O2/c1-17-24-22(15-23(29-26(24)33-30-17)19-5-3-2-4-6-19)25(32)28-20-11-13-31(14-12-20)21-9-7-18(16-27)8-10-21/h2-10,15,20H,11-14H2,1H3,(H,28,32). The van der Waals surface area contributed by atoms with E-state index in [1.165, 1.54) is 0 Å². The first-order valence-corrected chi connectivity index (χ1v) is 11.0. The Kier molecular flexibility index (Phi) is 5.49. The average Bonchev–Trinajstić information content (AvgIpc) is 3.25. The normalized spacial score (nSPS) is 14.2. The number of nitriles is 1. The number of aryl methyl sites for hydroxylation is 1. The first-order chi connectivity index (χ1) is 16.1. The molecule has 3 heterocycles. The summed E-state index contributed by atoms with van der Waals surface area (Å²) < 4.78 is 5.40. The van der Waals surface area contributed by atoms with Crippen molar-refractivity contribution in [1.82, 2.24) is 15.5 Å². The molecule has 1 N–H and O–H groups in total. The van der Waals surface area contributed by atoms with E-state index in [1.54, 1.807) is 0 Å². The van der Waals surface area contributed by atoms with E-state index in [2.05, 4.69) is 26.4 Å². The monoisotopic (exact) mass is 437 g/mol. The van der Waals surface area contributed by atoms with Gasteiger partial charge in [-0.15, -0.1) is 0 Å². The van der Waals surface area contributed by atoms with Crippen LogP contribution >= 0.6 is 0 Å². The molecule has 1 amide bonds. The molecule has 1 aliphatic rings. The second-order valence-corrected chi connectivity index (χ2v) is 8.26. The molecule has 164 valence electrons. The number of piperidine rings is 1. The first kappa shape index (κ1) is 20.7. The van der Waals surface area contributed by atoms with Crippen molar-refractivity contribution in [2.75, 3.05) is 18.0 Å². The van der Waals surface area contributed by atoms with Gasteiger partial charge in [0.2, 0.25) is 0 Å². The number of carbonyl (C=O) groups excluding carboxylic acids is 1. The van der Waals surface area contributed by atoms with Crippen LogP contribution in [0.15, 0.2) is 65.2 Å². The first-order valence-electron chi connectivity index (χ1n) is 11.0. The Labute approximate surface area is 191 Å². The predicted molar refractivity (Wildman–Crippen MR) is 126 cm³/mol. The summed E-state index contributed by atoms with van der Waals surface area (Å²) in [6.45, 7) is 3.50. The molecule has 0 unspecified atom stereocenters. The van der Waals surface area contributed by atoms with Crippen LogP contribution in [0.25, 0.3) is 22.4 Å². The maximum absolute atomic E-state index is 13.3. The predicted octanol–water partition coefficient (Wildman–Crippen LogP) is 4.47. The third-order valence-corrected chi connectivity index (χ3v) is 6.12. The topological polar surface area (TPSA) is 95.0 Å². The van der Waals surface area contributed by atoms with E-state index in [0.717, 1.165) is 37.2 Å². The van der Waals surface area contributed by atoms with E-state index in [9.17, 15) is 4.79 Å². The Hall–Kier alpha value is -4.18. The van der Waals surface area contributed by atoms with E-state index >= 15 is 0 Å². The molecule has 0 radical (unpaired) electrons. The van der Waals surface area contributed by atoms with Crippen LogP contribution in [0.5, 0.6) is 0 Å². The number of benzene rings is 2. The summed E-state index contributed by atoms with van der Waals surface area (Å²) in [5.74, 6) is -0.136. The number of pyridine rings is 1. The van der Waals surface area contributed by atoms with Gasteiger partial charge in [0.05, 0.1) is 34.0 Å². The van der Waals surface area contributed by atoms with Gasteiger partial charge in [0.1, 0.15) is 0 Å². The Morgan fingerprint density at radius 2 is 1.85 bits per heavy atom. The highest BCUT2D eigenvalue weighted by molar-refractivity contribution is 6.07. The Morgan fingerprint density at radius 3 is 2.55 bits per heavy atom. The Morgan fingerprint density at radius 1 is 1.12 bits per heavy atom. The van der Waals surface area contributed by atoms with Gasteiger partial charge >= 0.3 is 0 Å². The molecule has 1 aliphatic heterocycles. The molecule has 0 aliphatic carbocycles. The second-order valence-electron chi connectivity index (χ2n) is 8.26. The van der Waals surface area contributed by atoms with Gasteiger partial charge in [0, 0.05) is 30.4 Å². The molecular formula is C26H23N5O2. The van der Waals surface area contributed by atoms with Gasteiger partial charge in [0.25, 0.3) is 11.6 Å². The summed E-state index contributed by atoms with van der Waals surface area (Å²) in [5.41, 5.74) is 4.91. The number of hydrogen-bond donors (Lipinski definition) is 1. The van der Waals surface area contributed by atoms with Crippen LogP contribution in [0.3, 0.4) is 0 Å². The molecule has 5 rings (SSSR count). The van der Waals surface area contributed by atoms with Crippen molar-refractivity contribution in [3.05, 3.63) is 77.5 Å². The quantitative estimate of drug-likeness (QED) is 0.506. The molecule has 33 heavy (non-hydrogen) atoms. The number of nitrogens with zero attached hydrogens (tertiary/aromatic N) is 4. The van der Waals surface area contributed by atoms with Crippen LogP contribution in [0, 0.1) is 18.3 Å². The molecule has 4 aromatic rings. The summed E-state index contributed by atoms with van der Waals surface area (Å²) >= 11 is 0. The molecule has 0 spiro atoms. The molecule has 0 bridgehead atoms. The van der Waals surface area contributed by atoms with Crippen LogP contribution in [0.2, 0.25) is 0 Å². The molecule has 0 saturated carbocycles. The zero-order valence-corrected chi connectivity index (χ0v) is 18.3. The molecular weight excluding hydrogens is 414 g/mol. The number of anilines is 1. The molecule has 1 fully saturated rings. The van der Waals surface area contributed by atoms with Crippen molar-refractivity contribution >= 4 is 22.7 Å². The maximum atomic E-state index is 13.3. The van der Waals surface area contributed by atoms with Crippen LogP contribution in [0.1, 0.15) is 34.5 Å². The highest BCUT2D eigenvalue weighted by Crippen LogP contribution is 2.27. The number of nitrogens with one attached hydrogen (secondary N) is 1. The second kappa shape index (κ2) is 8.75. The van der Waals surface area contributed by atoms with Crippen molar-refractivity contribution in [1.29, 1.82) is 5.26 Å². The van der Waals surface area contributed by atoms with Gasteiger partial charge in [0.15, 0.2) is 0 Å². The van der Waals surface area contributed by atoms with Crippen LogP contribution in [0.4, 0.5) is 5.69 Å². The zero-order chi connectivity index (χ0) is 22.8. The fraction of sp³-hybridized carbons (Fsp3) is 0.231. The Balaban J connectivity index is 1.33. The fourth-order valence-corrected chi connectivity index (χ4v) is 4.32. The van der Waals surface area contributed by atoms with Crippen molar-refractivity contribution in [2.45, 2.75) is 25.8 Å². The largest absolute Gasteiger partial charge is 0.371 e. The molecule has 0 atom stereocenters. The van der Waals surface area contributed by atoms with Crippen molar-refractivity contribution in [3.8, 4) is 17.3 Å². The minimum absolute atomic E-state index is 0.0793. The number of carbonyl (C=O) groups is 1. The summed E-state index contributed by atoms with van der Waals surface area (Å²) in [5, 5.41) is 16.9. The third kappa shape index (κ3) is 4.15. The number of amides is 1. The number of hydrogen-bond acceptors (Lipinski definition) is 6. The molecule has 7 heteroatoms. The third-order valence-electron chi connectivity index (χ3n) is 6.12. The van der Waals surface area contributed by atoms with Crippen LogP contribution in [-0.2, 0) is 0 Å². The summed E-state index contributed by atoms with van der Waals surface area (Å²) in [6.07, 6.45) is 1.68. The maximum Gasteiger partial charge on any atom is 0.259 e. The smallest absolute Gasteiger partial charge is 0.259 e. The van der Waals surface area contributed by atoms with E-state index in [-0.39, 0.29) is 11.9 Å². The lowest BCUT2D eigenvalue weighted by molar-refractivity contribution is 0.0932. The van der Waals surface area contributed by atoms with Crippen LogP contribution in [-0.4, -0.2) is 35.2 Å². The van der Waals surface area contributed by atoms with E-state index < -0.39 is 0 Å². The van der Waals surface area contributed by atoms with E-state index in [1.807, 2.05) is 67.6 Å². The lowest BCUT2D eigenvalue weighted by Crippen LogP contribution is -2.44. The lowest BCUT2D eigenvalue weighted by atomic mass is 10.0. The molecule has 7 nitrogen and oxygen atoms in total. The number of rotatable bonds is 4. The highest BCUT2D eigenvalue weighted by atomic mass is 16.5. The molecule has 1 saturated heterocycles. The minimum Gasteiger partial charge on any atom is -0.371 e. The van der Waals surface area contributed by atoms with E-state index in [4.69, 9.17) is 9.78 Å². The van der Waals surface area contributed by atoms with Crippen molar-refractivity contribution in [2.24, 2.45) is 0 Å².